The molecule has 0 aliphatic heterocycles. The van der Waals surface area contributed by atoms with E-state index in [1.165, 1.54) is 0 Å². The third kappa shape index (κ3) is 3.27. The number of aromatic nitrogens is 3. The number of rotatable bonds is 4. The van der Waals surface area contributed by atoms with Crippen LogP contribution in [0.1, 0.15) is 0 Å². The predicted octanol–water partition coefficient (Wildman–Crippen LogP) is 3.68. The van der Waals surface area contributed by atoms with Gasteiger partial charge < -0.3 is 15.6 Å². The summed E-state index contributed by atoms with van der Waals surface area (Å²) < 4.78 is 37.2. The highest BCUT2D eigenvalue weighted by atomic mass is 19.4. The van der Waals surface area contributed by atoms with Crippen molar-refractivity contribution >= 4 is 28.5 Å². The number of halogens is 3. The minimum Gasteiger partial charge on any atom is -0.360 e. The summed E-state index contributed by atoms with van der Waals surface area (Å²) in [5.74, 6) is 0.341. The smallest absolute Gasteiger partial charge is 0.360 e. The van der Waals surface area contributed by atoms with Crippen molar-refractivity contribution in [1.82, 2.24) is 15.0 Å². The molecule has 0 fully saturated rings. The maximum Gasteiger partial charge on any atom is 0.405 e. The third-order valence-corrected chi connectivity index (χ3v) is 2.90. The molecule has 8 heteroatoms. The lowest BCUT2D eigenvalue weighted by molar-refractivity contribution is -0.115. The van der Waals surface area contributed by atoms with Crippen molar-refractivity contribution in [2.45, 2.75) is 6.18 Å². The van der Waals surface area contributed by atoms with Crippen molar-refractivity contribution in [1.29, 1.82) is 0 Å². The summed E-state index contributed by atoms with van der Waals surface area (Å²) in [6.07, 6.45) is -2.72. The third-order valence-electron chi connectivity index (χ3n) is 2.90. The van der Waals surface area contributed by atoms with Crippen molar-refractivity contribution in [2.75, 3.05) is 17.2 Å². The first-order valence-electron chi connectivity index (χ1n) is 6.49. The van der Waals surface area contributed by atoms with E-state index in [9.17, 15) is 13.2 Å². The summed E-state index contributed by atoms with van der Waals surface area (Å²) in [6, 6.07) is 10.8. The Labute approximate surface area is 123 Å². The van der Waals surface area contributed by atoms with Crippen LogP contribution in [0.5, 0.6) is 0 Å². The average molecular weight is 307 g/mol. The van der Waals surface area contributed by atoms with Gasteiger partial charge in [-0.3, -0.25) is 0 Å². The number of para-hydroxylation sites is 1. The zero-order chi connectivity index (χ0) is 15.6. The van der Waals surface area contributed by atoms with E-state index in [1.54, 1.807) is 12.3 Å². The molecule has 2 heterocycles. The monoisotopic (exact) mass is 307 g/mol. The first-order valence-corrected chi connectivity index (χ1v) is 6.49. The first-order chi connectivity index (χ1) is 10.5. The fraction of sp³-hybridized carbons (Fsp3) is 0.143. The molecule has 0 saturated carbocycles. The zero-order valence-corrected chi connectivity index (χ0v) is 11.3. The summed E-state index contributed by atoms with van der Waals surface area (Å²) >= 11 is 0. The largest absolute Gasteiger partial charge is 0.405 e. The van der Waals surface area contributed by atoms with E-state index in [4.69, 9.17) is 0 Å². The Bertz CT molecular complexity index is 767. The zero-order valence-electron chi connectivity index (χ0n) is 11.3. The van der Waals surface area contributed by atoms with Gasteiger partial charge in [0.2, 0.25) is 5.95 Å². The van der Waals surface area contributed by atoms with Gasteiger partial charge in [0.25, 0.3) is 0 Å². The van der Waals surface area contributed by atoms with E-state index in [0.29, 0.717) is 11.0 Å². The minimum absolute atomic E-state index is 0.127. The lowest BCUT2D eigenvalue weighted by Crippen LogP contribution is -2.22. The Morgan fingerprint density at radius 1 is 1.05 bits per heavy atom. The molecule has 3 aromatic rings. The molecule has 0 bridgehead atoms. The van der Waals surface area contributed by atoms with E-state index in [2.05, 4.69) is 25.6 Å². The van der Waals surface area contributed by atoms with Gasteiger partial charge in [-0.15, -0.1) is 0 Å². The van der Waals surface area contributed by atoms with Gasteiger partial charge in [0.05, 0.1) is 5.39 Å². The quantitative estimate of drug-likeness (QED) is 0.688. The molecule has 5 nitrogen and oxygen atoms in total. The Balaban J connectivity index is 1.91. The average Bonchev–Trinajstić information content (AvgIpc) is 2.93. The summed E-state index contributed by atoms with van der Waals surface area (Å²) in [5.41, 5.74) is 1.20. The maximum absolute atomic E-state index is 12.4. The van der Waals surface area contributed by atoms with Crippen LogP contribution in [0.3, 0.4) is 0 Å². The van der Waals surface area contributed by atoms with E-state index >= 15 is 0 Å². The standard InChI is InChI=1S/C14H12F3N5/c15-14(16,17)8-19-12-10-6-7-18-11(10)21-13(22-12)20-9-4-2-1-3-5-9/h1-7H,8H2,(H3,18,19,20,21,22). The molecule has 3 rings (SSSR count). The summed E-state index contributed by atoms with van der Waals surface area (Å²) in [4.78, 5) is 11.2. The van der Waals surface area contributed by atoms with Crippen molar-refractivity contribution < 1.29 is 13.2 Å². The SMILES string of the molecule is FC(F)(F)CNc1nc(Nc2ccccc2)nc2[nH]ccc12. The van der Waals surface area contributed by atoms with Gasteiger partial charge >= 0.3 is 6.18 Å². The van der Waals surface area contributed by atoms with Gasteiger partial charge in [-0.05, 0) is 18.2 Å². The molecular weight excluding hydrogens is 295 g/mol. The van der Waals surface area contributed by atoms with E-state index in [0.717, 1.165) is 5.69 Å². The molecule has 0 saturated heterocycles. The topological polar surface area (TPSA) is 65.6 Å². The van der Waals surface area contributed by atoms with Crippen molar-refractivity contribution in [2.24, 2.45) is 0 Å². The molecule has 1 aromatic carbocycles. The molecule has 0 atom stereocenters. The van der Waals surface area contributed by atoms with Crippen LogP contribution in [0, 0.1) is 0 Å². The molecule has 0 spiro atoms. The Kier molecular flexibility index (Phi) is 3.58. The number of nitrogens with one attached hydrogen (secondary N) is 3. The van der Waals surface area contributed by atoms with Crippen LogP contribution < -0.4 is 10.6 Å². The summed E-state index contributed by atoms with van der Waals surface area (Å²) in [7, 11) is 0. The van der Waals surface area contributed by atoms with Gasteiger partial charge in [-0.1, -0.05) is 18.2 Å². The van der Waals surface area contributed by atoms with E-state index in [1.807, 2.05) is 30.3 Å². The van der Waals surface area contributed by atoms with Crippen LogP contribution in [-0.4, -0.2) is 27.7 Å². The van der Waals surface area contributed by atoms with Crippen LogP contribution in [0.2, 0.25) is 0 Å². The van der Waals surface area contributed by atoms with Crippen LogP contribution in [0.25, 0.3) is 11.0 Å². The van der Waals surface area contributed by atoms with Gasteiger partial charge in [0, 0.05) is 11.9 Å². The number of H-pyrrole nitrogens is 1. The highest BCUT2D eigenvalue weighted by molar-refractivity contribution is 5.88. The number of hydrogen-bond acceptors (Lipinski definition) is 4. The van der Waals surface area contributed by atoms with Crippen molar-refractivity contribution in [3.63, 3.8) is 0 Å². The molecule has 0 aliphatic rings. The van der Waals surface area contributed by atoms with Crippen LogP contribution in [0.15, 0.2) is 42.6 Å². The number of aromatic amines is 1. The molecule has 0 aliphatic carbocycles. The summed E-state index contributed by atoms with van der Waals surface area (Å²) in [6.45, 7) is -1.16. The van der Waals surface area contributed by atoms with Crippen molar-refractivity contribution in [3.05, 3.63) is 42.6 Å². The number of hydrogen-bond donors (Lipinski definition) is 3. The Hall–Kier alpha value is -2.77. The predicted molar refractivity (Wildman–Crippen MR) is 78.2 cm³/mol. The van der Waals surface area contributed by atoms with Gasteiger partial charge in [0.15, 0.2) is 0 Å². The molecule has 0 amide bonds. The molecule has 0 radical (unpaired) electrons. The van der Waals surface area contributed by atoms with Crippen LogP contribution in [-0.2, 0) is 0 Å². The molecule has 22 heavy (non-hydrogen) atoms. The van der Waals surface area contributed by atoms with Gasteiger partial charge in [0.1, 0.15) is 18.0 Å². The number of fused-ring (bicyclic) bond motifs is 1. The summed E-state index contributed by atoms with van der Waals surface area (Å²) in [5, 5.41) is 5.77. The Morgan fingerprint density at radius 3 is 2.55 bits per heavy atom. The van der Waals surface area contributed by atoms with Crippen LogP contribution in [0.4, 0.5) is 30.6 Å². The van der Waals surface area contributed by atoms with Gasteiger partial charge in [-0.2, -0.15) is 23.1 Å². The van der Waals surface area contributed by atoms with Crippen LogP contribution >= 0.6 is 0 Å². The minimum atomic E-state index is -4.32. The highest BCUT2D eigenvalue weighted by Crippen LogP contribution is 2.24. The van der Waals surface area contributed by atoms with Gasteiger partial charge in [-0.25, -0.2) is 0 Å². The molecule has 2 aromatic heterocycles. The van der Waals surface area contributed by atoms with E-state index < -0.39 is 12.7 Å². The lowest BCUT2D eigenvalue weighted by atomic mass is 10.3. The molecule has 3 N–H and O–H groups in total. The normalized spacial score (nSPS) is 11.6. The maximum atomic E-state index is 12.4. The molecule has 114 valence electrons. The fourth-order valence-electron chi connectivity index (χ4n) is 1.97. The lowest BCUT2D eigenvalue weighted by Gasteiger charge is -2.11. The molecular formula is C14H12F3N5. The van der Waals surface area contributed by atoms with Crippen molar-refractivity contribution in [3.8, 4) is 0 Å². The highest BCUT2D eigenvalue weighted by Gasteiger charge is 2.27. The number of benzene rings is 1. The number of anilines is 3. The second-order valence-electron chi connectivity index (χ2n) is 4.60. The Morgan fingerprint density at radius 2 is 1.82 bits per heavy atom. The molecule has 0 unspecified atom stereocenters. The first kappa shape index (κ1) is 14.2. The second kappa shape index (κ2) is 5.55. The fourth-order valence-corrected chi connectivity index (χ4v) is 1.97. The second-order valence-corrected chi connectivity index (χ2v) is 4.60. The number of nitrogens with zero attached hydrogens (tertiary/aromatic N) is 2. The van der Waals surface area contributed by atoms with E-state index in [-0.39, 0.29) is 11.8 Å². The number of alkyl halides is 3.